The molecule has 2 aromatic heterocycles. The summed E-state index contributed by atoms with van der Waals surface area (Å²) in [6, 6.07) is 18.8. The Kier molecular flexibility index (Phi) is 8.47. The number of primary amides is 1. The molecule has 3 heterocycles. The Morgan fingerprint density at radius 3 is 2.17 bits per heavy atom. The second kappa shape index (κ2) is 12.0. The third-order valence-electron chi connectivity index (χ3n) is 6.78. The molecular formula is C27H32N7O6P. The summed E-state index contributed by atoms with van der Waals surface area (Å²) in [6.45, 7) is 1.81. The van der Waals surface area contributed by atoms with Crippen molar-refractivity contribution in [2.45, 2.75) is 44.6 Å². The van der Waals surface area contributed by atoms with Gasteiger partial charge < -0.3 is 35.5 Å². The number of fused-ring (bicyclic) bond motifs is 1. The SMILES string of the molecule is Cc1nc(N)c2c(C(N)=O)cn([C@@H]3O[C@H](COP(=O)(NCc4ccccc4)NCc4ccccc4)[C@@H](O)[C@H]3O)c2n1. The number of aliphatic hydroxyl groups is 2. The first-order valence-electron chi connectivity index (χ1n) is 12.9. The molecule has 1 saturated heterocycles. The minimum Gasteiger partial charge on any atom is -0.387 e. The van der Waals surface area contributed by atoms with Crippen LogP contribution >= 0.6 is 7.67 Å². The first kappa shape index (κ1) is 28.8. The number of amides is 1. The maximum absolute atomic E-state index is 13.9. The summed E-state index contributed by atoms with van der Waals surface area (Å²) in [5, 5.41) is 27.9. The van der Waals surface area contributed by atoms with Crippen LogP contribution < -0.4 is 21.6 Å². The van der Waals surface area contributed by atoms with Gasteiger partial charge in [-0.05, 0) is 18.1 Å². The van der Waals surface area contributed by atoms with E-state index >= 15 is 0 Å². The van der Waals surface area contributed by atoms with Crippen LogP contribution in [0.2, 0.25) is 0 Å². The van der Waals surface area contributed by atoms with E-state index in [2.05, 4.69) is 20.1 Å². The van der Waals surface area contributed by atoms with Gasteiger partial charge in [0.05, 0.1) is 17.6 Å². The summed E-state index contributed by atoms with van der Waals surface area (Å²) in [5.74, 6) is -0.396. The molecule has 0 aliphatic carbocycles. The number of aryl methyl sites for hydroxylation is 1. The molecule has 0 saturated carbocycles. The van der Waals surface area contributed by atoms with Gasteiger partial charge in [0.1, 0.15) is 35.6 Å². The molecule has 0 unspecified atom stereocenters. The smallest absolute Gasteiger partial charge is 0.341 e. The molecule has 1 aliphatic heterocycles. The highest BCUT2D eigenvalue weighted by Gasteiger charge is 2.45. The predicted molar refractivity (Wildman–Crippen MR) is 151 cm³/mol. The van der Waals surface area contributed by atoms with E-state index in [0.29, 0.717) is 5.82 Å². The lowest BCUT2D eigenvalue weighted by Gasteiger charge is -2.23. The average molecular weight is 582 g/mol. The molecule has 1 amide bonds. The van der Waals surface area contributed by atoms with Crippen LogP contribution in [0.25, 0.3) is 11.0 Å². The molecular weight excluding hydrogens is 549 g/mol. The van der Waals surface area contributed by atoms with Gasteiger partial charge in [0.2, 0.25) is 0 Å². The first-order valence-corrected chi connectivity index (χ1v) is 14.6. The average Bonchev–Trinajstić information content (AvgIpc) is 3.48. The van der Waals surface area contributed by atoms with Crippen LogP contribution in [0.1, 0.15) is 33.5 Å². The van der Waals surface area contributed by atoms with Crippen molar-refractivity contribution >= 4 is 30.4 Å². The van der Waals surface area contributed by atoms with Crippen molar-refractivity contribution in [1.29, 1.82) is 0 Å². The van der Waals surface area contributed by atoms with Crippen molar-refractivity contribution < 1.29 is 28.8 Å². The van der Waals surface area contributed by atoms with Crippen LogP contribution in [0, 0.1) is 6.92 Å². The topological polar surface area (TPSA) is 200 Å². The molecule has 41 heavy (non-hydrogen) atoms. The Bertz CT molecular complexity index is 1520. The number of hydrogen-bond acceptors (Lipinski definition) is 9. The zero-order valence-electron chi connectivity index (χ0n) is 22.3. The molecule has 4 atom stereocenters. The number of anilines is 1. The molecule has 0 spiro atoms. The van der Waals surface area contributed by atoms with Gasteiger partial charge in [0.15, 0.2) is 6.23 Å². The number of hydrogen-bond donors (Lipinski definition) is 6. The fourth-order valence-electron chi connectivity index (χ4n) is 4.67. The Morgan fingerprint density at radius 1 is 1.02 bits per heavy atom. The molecule has 14 heteroatoms. The van der Waals surface area contributed by atoms with E-state index in [0.717, 1.165) is 11.1 Å². The van der Waals surface area contributed by atoms with Gasteiger partial charge in [-0.2, -0.15) is 0 Å². The van der Waals surface area contributed by atoms with Crippen LogP contribution in [0.4, 0.5) is 5.82 Å². The van der Waals surface area contributed by atoms with Gasteiger partial charge in [0, 0.05) is 19.3 Å². The van der Waals surface area contributed by atoms with E-state index in [9.17, 15) is 19.6 Å². The number of nitrogens with zero attached hydrogens (tertiary/aromatic N) is 3. The van der Waals surface area contributed by atoms with Crippen molar-refractivity contribution in [2.24, 2.45) is 5.73 Å². The zero-order valence-corrected chi connectivity index (χ0v) is 23.1. The van der Waals surface area contributed by atoms with Gasteiger partial charge in [-0.15, -0.1) is 0 Å². The fraction of sp³-hybridized carbons (Fsp3) is 0.296. The number of carbonyl (C=O) groups excluding carboxylic acids is 1. The molecule has 8 N–H and O–H groups in total. The molecule has 0 radical (unpaired) electrons. The standard InChI is InChI=1S/C27H32N7O6P/c1-16-32-24(28)21-19(25(29)37)14-34(26(21)33-16)27-23(36)22(35)20(40-27)15-39-41(38,30-12-17-8-4-2-5-9-17)31-13-18-10-6-3-7-11-18/h2-11,14,20,22-23,27,35-36H,12-13,15H2,1H3,(H2,29,37)(H2,28,32,33)(H2,30,31,38)/t20-,22-,23-,27-/m1/s1. The second-order valence-corrected chi connectivity index (χ2v) is 11.7. The van der Waals surface area contributed by atoms with Gasteiger partial charge in [0.25, 0.3) is 5.91 Å². The number of carbonyl (C=O) groups is 1. The maximum atomic E-state index is 13.9. The largest absolute Gasteiger partial charge is 0.387 e. The van der Waals surface area contributed by atoms with E-state index in [-0.39, 0.29) is 42.1 Å². The Balaban J connectivity index is 1.35. The maximum Gasteiger partial charge on any atom is 0.341 e. The third kappa shape index (κ3) is 6.31. The molecule has 1 fully saturated rings. The molecule has 1 aliphatic rings. The summed E-state index contributed by atoms with van der Waals surface area (Å²) in [6.07, 6.45) is -3.74. The van der Waals surface area contributed by atoms with E-state index in [4.69, 9.17) is 20.7 Å². The Hall–Kier alpha value is -3.68. The summed E-state index contributed by atoms with van der Waals surface area (Å²) < 4.78 is 27.1. The summed E-state index contributed by atoms with van der Waals surface area (Å²) in [7, 11) is -3.68. The summed E-state index contributed by atoms with van der Waals surface area (Å²) in [4.78, 5) is 20.6. The fourth-order valence-corrected chi connectivity index (χ4v) is 6.11. The lowest BCUT2D eigenvalue weighted by molar-refractivity contribution is -0.0474. The first-order chi connectivity index (χ1) is 19.6. The normalized spacial score (nSPS) is 21.0. The molecule has 216 valence electrons. The molecule has 13 nitrogen and oxygen atoms in total. The van der Waals surface area contributed by atoms with Crippen LogP contribution in [-0.2, 0) is 26.9 Å². The predicted octanol–water partition coefficient (Wildman–Crippen LogP) is 1.74. The quantitative estimate of drug-likeness (QED) is 0.141. The highest BCUT2D eigenvalue weighted by atomic mass is 31.2. The lowest BCUT2D eigenvalue weighted by atomic mass is 10.1. The van der Waals surface area contributed by atoms with Crippen molar-refractivity contribution in [3.8, 4) is 0 Å². The van der Waals surface area contributed by atoms with Gasteiger partial charge in [-0.25, -0.2) is 20.1 Å². The minimum absolute atomic E-state index is 0.0437. The van der Waals surface area contributed by atoms with E-state index in [1.807, 2.05) is 60.7 Å². The van der Waals surface area contributed by atoms with Crippen molar-refractivity contribution in [2.75, 3.05) is 12.3 Å². The lowest BCUT2D eigenvalue weighted by Crippen LogP contribution is -2.35. The zero-order chi connectivity index (χ0) is 29.1. The molecule has 5 rings (SSSR count). The number of rotatable bonds is 11. The number of ether oxygens (including phenoxy) is 1. The highest BCUT2D eigenvalue weighted by Crippen LogP contribution is 2.41. The summed E-state index contributed by atoms with van der Waals surface area (Å²) >= 11 is 0. The van der Waals surface area contributed by atoms with Gasteiger partial charge in [-0.1, -0.05) is 60.7 Å². The van der Waals surface area contributed by atoms with E-state index in [1.165, 1.54) is 10.8 Å². The Morgan fingerprint density at radius 2 is 1.61 bits per heavy atom. The number of nitrogens with one attached hydrogen (secondary N) is 2. The van der Waals surface area contributed by atoms with Crippen molar-refractivity contribution in [3.63, 3.8) is 0 Å². The van der Waals surface area contributed by atoms with E-state index < -0.39 is 38.1 Å². The van der Waals surface area contributed by atoms with Crippen molar-refractivity contribution in [1.82, 2.24) is 24.7 Å². The molecule has 2 aromatic carbocycles. The van der Waals surface area contributed by atoms with Crippen LogP contribution in [-0.4, -0.2) is 55.6 Å². The van der Waals surface area contributed by atoms with Gasteiger partial charge in [-0.3, -0.25) is 9.36 Å². The van der Waals surface area contributed by atoms with Gasteiger partial charge >= 0.3 is 7.67 Å². The number of nitrogen functional groups attached to an aromatic ring is 1. The summed E-state index contributed by atoms with van der Waals surface area (Å²) in [5.41, 5.74) is 13.6. The second-order valence-electron chi connectivity index (χ2n) is 9.70. The Labute approximate surface area is 236 Å². The van der Waals surface area contributed by atoms with Crippen molar-refractivity contribution in [3.05, 3.63) is 89.4 Å². The number of nitrogens with two attached hydrogens (primary N) is 2. The number of benzene rings is 2. The van der Waals surface area contributed by atoms with Crippen LogP contribution in [0.15, 0.2) is 66.9 Å². The van der Waals surface area contributed by atoms with Crippen LogP contribution in [0.3, 0.4) is 0 Å². The van der Waals surface area contributed by atoms with E-state index in [1.54, 1.807) is 6.92 Å². The monoisotopic (exact) mass is 581 g/mol. The number of aromatic nitrogens is 3. The highest BCUT2D eigenvalue weighted by molar-refractivity contribution is 7.54. The third-order valence-corrected chi connectivity index (χ3v) is 8.44. The minimum atomic E-state index is -3.68. The van der Waals surface area contributed by atoms with Crippen LogP contribution in [0.5, 0.6) is 0 Å². The number of aliphatic hydroxyl groups excluding tert-OH is 2. The molecule has 0 bridgehead atoms. The molecule has 4 aromatic rings.